The van der Waals surface area contributed by atoms with Crippen LogP contribution in [0.3, 0.4) is 0 Å². The summed E-state index contributed by atoms with van der Waals surface area (Å²) in [5, 5.41) is 0. The quantitative estimate of drug-likeness (QED) is 0.535. The molecule has 0 spiro atoms. The average Bonchev–Trinajstić information content (AvgIpc) is 2.95. The van der Waals surface area contributed by atoms with Crippen molar-refractivity contribution < 1.29 is 9.47 Å². The second kappa shape index (κ2) is 6.97. The molecule has 0 aliphatic carbocycles. The number of hydrogen-bond acceptors (Lipinski definition) is 2. The van der Waals surface area contributed by atoms with E-state index >= 15 is 0 Å². The fourth-order valence-corrected chi connectivity index (χ4v) is 3.56. The molecule has 2 aliphatic rings. The Bertz CT molecular complexity index is 411. The Kier molecular flexibility index (Phi) is 5.56. The van der Waals surface area contributed by atoms with Gasteiger partial charge in [0, 0.05) is 11.2 Å². The van der Waals surface area contributed by atoms with Crippen molar-refractivity contribution in [2.75, 3.05) is 0 Å². The molecule has 104 valence electrons. The molecule has 2 rings (SSSR count). The van der Waals surface area contributed by atoms with Gasteiger partial charge in [-0.2, -0.15) is 0 Å². The lowest BCUT2D eigenvalue weighted by Crippen LogP contribution is -2.25. The van der Waals surface area contributed by atoms with Crippen LogP contribution in [0.5, 0.6) is 0 Å². The number of hydrogen-bond donors (Lipinski definition) is 0. The second-order valence-electron chi connectivity index (χ2n) is 4.77. The minimum absolute atomic E-state index is 0.125. The summed E-state index contributed by atoms with van der Waals surface area (Å²) in [4.78, 5) is 0.561. The molecule has 0 saturated carbocycles. The van der Waals surface area contributed by atoms with E-state index in [4.69, 9.17) is 15.9 Å². The van der Waals surface area contributed by atoms with Crippen LogP contribution in [-0.2, 0) is 9.47 Å². The molecule has 2 aliphatic heterocycles. The smallest absolute Gasteiger partial charge is 0.128 e. The Hall–Kier alpha value is -0.240. The number of terminal acetylenes is 1. The highest BCUT2D eigenvalue weighted by atomic mass is 79.9. The minimum Gasteiger partial charge on any atom is -0.491 e. The third-order valence-electron chi connectivity index (χ3n) is 3.47. The van der Waals surface area contributed by atoms with E-state index in [1.54, 1.807) is 6.08 Å². The van der Waals surface area contributed by atoms with Gasteiger partial charge in [-0.05, 0) is 25.0 Å². The van der Waals surface area contributed by atoms with Gasteiger partial charge in [-0.1, -0.05) is 50.8 Å². The minimum atomic E-state index is 0.125. The molecule has 0 aromatic heterocycles. The first kappa shape index (κ1) is 15.2. The van der Waals surface area contributed by atoms with Crippen LogP contribution < -0.4 is 0 Å². The van der Waals surface area contributed by atoms with Crippen molar-refractivity contribution in [1.29, 1.82) is 0 Å². The van der Waals surface area contributed by atoms with Crippen LogP contribution in [0.25, 0.3) is 0 Å². The molecule has 0 unspecified atom stereocenters. The van der Waals surface area contributed by atoms with E-state index in [1.165, 1.54) is 0 Å². The van der Waals surface area contributed by atoms with Gasteiger partial charge in [0.25, 0.3) is 0 Å². The van der Waals surface area contributed by atoms with Gasteiger partial charge in [-0.15, -0.1) is 6.42 Å². The standard InChI is InChI=1S/C15H18Br2O2/c1-3-5-6-7-8-11-14(17)15-13(18-11)9-12(19-15)10(16)4-2/h1,5-6,8,10,12-15H,4,7,9H2,2H3/b6-5-,11-8-/t10-,12-,13+,14-,15-/m1/s1. The molecule has 5 atom stereocenters. The molecule has 2 fully saturated rings. The normalized spacial score (nSPS) is 37.3. The first-order valence-corrected chi connectivity index (χ1v) is 8.42. The maximum Gasteiger partial charge on any atom is 0.128 e. The summed E-state index contributed by atoms with van der Waals surface area (Å²) in [6, 6.07) is 0. The highest BCUT2D eigenvalue weighted by Gasteiger charge is 2.49. The Morgan fingerprint density at radius 3 is 3.00 bits per heavy atom. The summed E-state index contributed by atoms with van der Waals surface area (Å²) in [6.45, 7) is 2.16. The van der Waals surface area contributed by atoms with Crippen LogP contribution in [0.4, 0.5) is 0 Å². The Balaban J connectivity index is 1.93. The number of fused-ring (bicyclic) bond motifs is 1. The topological polar surface area (TPSA) is 18.5 Å². The number of rotatable bonds is 4. The Labute approximate surface area is 131 Å². The molecule has 0 aromatic carbocycles. The van der Waals surface area contributed by atoms with Gasteiger partial charge >= 0.3 is 0 Å². The van der Waals surface area contributed by atoms with Crippen molar-refractivity contribution >= 4 is 31.9 Å². The fraction of sp³-hybridized carbons (Fsp3) is 0.600. The van der Waals surface area contributed by atoms with Gasteiger partial charge in [0.05, 0.1) is 6.10 Å². The van der Waals surface area contributed by atoms with Crippen molar-refractivity contribution in [2.45, 2.75) is 54.2 Å². The summed E-state index contributed by atoms with van der Waals surface area (Å²) in [7, 11) is 0. The first-order chi connectivity index (χ1) is 9.17. The monoisotopic (exact) mass is 388 g/mol. The van der Waals surface area contributed by atoms with Gasteiger partial charge in [0.2, 0.25) is 0 Å². The van der Waals surface area contributed by atoms with E-state index < -0.39 is 0 Å². The van der Waals surface area contributed by atoms with Crippen LogP contribution in [0.1, 0.15) is 26.2 Å². The highest BCUT2D eigenvalue weighted by Crippen LogP contribution is 2.42. The van der Waals surface area contributed by atoms with Gasteiger partial charge in [0.15, 0.2) is 0 Å². The third-order valence-corrected chi connectivity index (χ3v) is 5.68. The predicted molar refractivity (Wildman–Crippen MR) is 84.5 cm³/mol. The average molecular weight is 390 g/mol. The summed E-state index contributed by atoms with van der Waals surface area (Å²) in [6.07, 6.45) is 14.2. The van der Waals surface area contributed by atoms with E-state index in [2.05, 4.69) is 50.8 Å². The predicted octanol–water partition coefficient (Wildman–Crippen LogP) is 3.94. The Morgan fingerprint density at radius 1 is 1.58 bits per heavy atom. The summed E-state index contributed by atoms with van der Waals surface area (Å²) < 4.78 is 12.1. The third kappa shape index (κ3) is 3.45. The summed E-state index contributed by atoms with van der Waals surface area (Å²) >= 11 is 7.35. The molecule has 0 aromatic rings. The lowest BCUT2D eigenvalue weighted by atomic mass is 10.1. The van der Waals surface area contributed by atoms with E-state index in [9.17, 15) is 0 Å². The maximum absolute atomic E-state index is 6.10. The fourth-order valence-electron chi connectivity index (χ4n) is 2.46. The molecule has 2 nitrogen and oxygen atoms in total. The van der Waals surface area contributed by atoms with E-state index in [0.29, 0.717) is 4.83 Å². The van der Waals surface area contributed by atoms with Crippen molar-refractivity contribution in [3.05, 3.63) is 24.0 Å². The Morgan fingerprint density at radius 2 is 2.37 bits per heavy atom. The maximum atomic E-state index is 6.10. The zero-order valence-corrected chi connectivity index (χ0v) is 14.1. The molecule has 2 saturated heterocycles. The number of allylic oxidation sites excluding steroid dienone is 3. The van der Waals surface area contributed by atoms with Gasteiger partial charge in [-0.3, -0.25) is 0 Å². The molecule has 0 radical (unpaired) electrons. The van der Waals surface area contributed by atoms with Crippen LogP contribution >= 0.6 is 31.9 Å². The van der Waals surface area contributed by atoms with Crippen LogP contribution in [0.2, 0.25) is 0 Å². The SMILES string of the molecule is C#C/C=C\C/C=C1\O[C@H]2C[C@H]([C@H](Br)CC)O[C@H]2[C@@H]1Br. The largest absolute Gasteiger partial charge is 0.491 e. The van der Waals surface area contributed by atoms with E-state index in [0.717, 1.165) is 25.0 Å². The molecular formula is C15H18Br2O2. The molecule has 0 bridgehead atoms. The van der Waals surface area contributed by atoms with Crippen molar-refractivity contribution in [2.24, 2.45) is 0 Å². The lowest BCUT2D eigenvalue weighted by molar-refractivity contribution is 0.0416. The molecule has 19 heavy (non-hydrogen) atoms. The summed E-state index contributed by atoms with van der Waals surface area (Å²) in [5.74, 6) is 3.45. The van der Waals surface area contributed by atoms with E-state index in [1.807, 2.05) is 6.08 Å². The lowest BCUT2D eigenvalue weighted by Gasteiger charge is -2.18. The second-order valence-corrected chi connectivity index (χ2v) is 6.93. The van der Waals surface area contributed by atoms with Crippen molar-refractivity contribution in [3.63, 3.8) is 0 Å². The number of alkyl halides is 2. The van der Waals surface area contributed by atoms with Crippen LogP contribution in [0, 0.1) is 12.3 Å². The van der Waals surface area contributed by atoms with E-state index in [-0.39, 0.29) is 23.1 Å². The van der Waals surface area contributed by atoms with Crippen molar-refractivity contribution in [3.8, 4) is 12.3 Å². The first-order valence-electron chi connectivity index (χ1n) is 6.58. The molecular weight excluding hydrogens is 372 g/mol. The highest BCUT2D eigenvalue weighted by molar-refractivity contribution is 9.09. The summed E-state index contributed by atoms with van der Waals surface area (Å²) in [5.41, 5.74) is 0. The molecule has 4 heteroatoms. The molecule has 0 N–H and O–H groups in total. The van der Waals surface area contributed by atoms with Gasteiger partial charge in [0.1, 0.15) is 22.8 Å². The molecule has 0 amide bonds. The van der Waals surface area contributed by atoms with Crippen LogP contribution in [0.15, 0.2) is 24.0 Å². The zero-order chi connectivity index (χ0) is 13.8. The zero-order valence-electron chi connectivity index (χ0n) is 10.9. The van der Waals surface area contributed by atoms with Crippen molar-refractivity contribution in [1.82, 2.24) is 0 Å². The molecule has 2 heterocycles. The number of halogens is 2. The van der Waals surface area contributed by atoms with Crippen LogP contribution in [-0.4, -0.2) is 28.0 Å². The van der Waals surface area contributed by atoms with Gasteiger partial charge in [-0.25, -0.2) is 0 Å². The number of ether oxygens (including phenoxy) is 2. The van der Waals surface area contributed by atoms with Gasteiger partial charge < -0.3 is 9.47 Å².